The van der Waals surface area contributed by atoms with Gasteiger partial charge in [-0.3, -0.25) is 0 Å². The van der Waals surface area contributed by atoms with Gasteiger partial charge < -0.3 is 20.1 Å². The van der Waals surface area contributed by atoms with E-state index in [0.29, 0.717) is 16.6 Å². The molecule has 0 bridgehead atoms. The van der Waals surface area contributed by atoms with E-state index in [2.05, 4.69) is 22.9 Å². The van der Waals surface area contributed by atoms with E-state index >= 15 is 0 Å². The minimum atomic E-state index is -0.695. The molecule has 3 atom stereocenters. The highest BCUT2D eigenvalue weighted by Crippen LogP contribution is 2.47. The molecule has 1 aromatic rings. The van der Waals surface area contributed by atoms with Gasteiger partial charge in [0.15, 0.2) is 0 Å². The normalized spacial score (nSPS) is 25.0. The first-order valence-electron chi connectivity index (χ1n) is 8.93. The van der Waals surface area contributed by atoms with Gasteiger partial charge in [0.2, 0.25) is 0 Å². The van der Waals surface area contributed by atoms with Crippen molar-refractivity contribution in [3.63, 3.8) is 0 Å². The smallest absolute Gasteiger partial charge is 0.133 e. The van der Waals surface area contributed by atoms with E-state index in [4.69, 9.17) is 4.74 Å². The number of rotatable bonds is 8. The van der Waals surface area contributed by atoms with E-state index in [9.17, 15) is 15.3 Å². The number of phenols is 1. The third-order valence-electron chi connectivity index (χ3n) is 5.05. The van der Waals surface area contributed by atoms with Crippen molar-refractivity contribution in [2.75, 3.05) is 6.61 Å². The molecule has 0 radical (unpaired) electrons. The van der Waals surface area contributed by atoms with Gasteiger partial charge in [0.25, 0.3) is 0 Å². The first kappa shape index (κ1) is 22.7. The maximum Gasteiger partial charge on any atom is 0.133 e. The topological polar surface area (TPSA) is 69.9 Å². The number of halogens is 2. The summed E-state index contributed by atoms with van der Waals surface area (Å²) < 4.78 is 6.71. The van der Waals surface area contributed by atoms with Gasteiger partial charge >= 0.3 is 0 Å². The minimum Gasteiger partial charge on any atom is -0.507 e. The van der Waals surface area contributed by atoms with Crippen LogP contribution < -0.4 is 4.74 Å². The summed E-state index contributed by atoms with van der Waals surface area (Å²) in [5.41, 5.74) is 0.143. The Morgan fingerprint density at radius 3 is 2.52 bits per heavy atom. The van der Waals surface area contributed by atoms with E-state index in [0.717, 1.165) is 24.8 Å². The highest BCUT2D eigenvalue weighted by molar-refractivity contribution is 9.10. The van der Waals surface area contributed by atoms with Crippen LogP contribution in [0.3, 0.4) is 0 Å². The SMILES string of the molecule is Br.CCCCCCC[C@]1(C)Oc2cc(O)c(Br)cc2[C@@H](CCO)[C@@H]1O. The summed E-state index contributed by atoms with van der Waals surface area (Å²) >= 11 is 3.32. The molecule has 0 unspecified atom stereocenters. The fourth-order valence-electron chi connectivity index (χ4n) is 3.57. The van der Waals surface area contributed by atoms with Crippen LogP contribution in [0, 0.1) is 0 Å². The van der Waals surface area contributed by atoms with E-state index in [-0.39, 0.29) is 35.3 Å². The van der Waals surface area contributed by atoms with Gasteiger partial charge in [-0.1, -0.05) is 32.6 Å². The second-order valence-electron chi connectivity index (χ2n) is 6.98. The van der Waals surface area contributed by atoms with E-state index < -0.39 is 11.7 Å². The van der Waals surface area contributed by atoms with E-state index in [1.54, 1.807) is 12.1 Å². The third-order valence-corrected chi connectivity index (χ3v) is 5.68. The molecule has 0 amide bonds. The van der Waals surface area contributed by atoms with Crippen molar-refractivity contribution in [1.82, 2.24) is 0 Å². The largest absolute Gasteiger partial charge is 0.507 e. The number of benzene rings is 1. The number of aliphatic hydroxyl groups excluding tert-OH is 2. The van der Waals surface area contributed by atoms with Crippen LogP contribution in [0.25, 0.3) is 0 Å². The minimum absolute atomic E-state index is 0. The van der Waals surface area contributed by atoms with Gasteiger partial charge in [0.1, 0.15) is 23.2 Å². The Kier molecular flexibility index (Phi) is 9.23. The molecule has 2 rings (SSSR count). The molecule has 3 N–H and O–H groups in total. The van der Waals surface area contributed by atoms with E-state index in [1.807, 2.05) is 6.92 Å². The molecule has 1 aromatic carbocycles. The first-order valence-corrected chi connectivity index (χ1v) is 9.72. The van der Waals surface area contributed by atoms with Crippen LogP contribution in [0.4, 0.5) is 0 Å². The molecule has 4 nitrogen and oxygen atoms in total. The zero-order valence-electron chi connectivity index (χ0n) is 15.0. The van der Waals surface area contributed by atoms with Gasteiger partial charge in [-0.05, 0) is 48.2 Å². The number of hydrogen-bond acceptors (Lipinski definition) is 4. The molecular formula is C19H30Br2O4. The third kappa shape index (κ3) is 5.34. The number of aliphatic hydroxyl groups is 2. The quantitative estimate of drug-likeness (QED) is 0.453. The van der Waals surface area contributed by atoms with Gasteiger partial charge in [-0.15, -0.1) is 17.0 Å². The van der Waals surface area contributed by atoms with Crippen molar-refractivity contribution < 1.29 is 20.1 Å². The molecule has 6 heteroatoms. The lowest BCUT2D eigenvalue weighted by Gasteiger charge is -2.44. The van der Waals surface area contributed by atoms with Crippen molar-refractivity contribution >= 4 is 32.9 Å². The Bertz CT molecular complexity index is 552. The number of hydrogen-bond donors (Lipinski definition) is 3. The molecule has 0 fully saturated rings. The number of aromatic hydroxyl groups is 1. The van der Waals surface area contributed by atoms with Crippen LogP contribution in [-0.4, -0.2) is 33.6 Å². The Balaban J connectivity index is 0.00000312. The average molecular weight is 482 g/mol. The van der Waals surface area contributed by atoms with Gasteiger partial charge in [0, 0.05) is 24.2 Å². The van der Waals surface area contributed by atoms with Crippen LogP contribution in [0.15, 0.2) is 16.6 Å². The molecule has 1 aliphatic heterocycles. The predicted molar refractivity (Wildman–Crippen MR) is 109 cm³/mol. The Morgan fingerprint density at radius 2 is 1.88 bits per heavy atom. The highest BCUT2D eigenvalue weighted by Gasteiger charge is 2.45. The maximum atomic E-state index is 10.9. The fourth-order valence-corrected chi connectivity index (χ4v) is 3.94. The maximum absolute atomic E-state index is 10.9. The first-order chi connectivity index (χ1) is 11.4. The van der Waals surface area contributed by atoms with Crippen LogP contribution in [0.2, 0.25) is 0 Å². The predicted octanol–water partition coefficient (Wildman–Crippen LogP) is 5.07. The lowest BCUT2D eigenvalue weighted by molar-refractivity contribution is -0.0794. The fraction of sp³-hybridized carbons (Fsp3) is 0.684. The molecule has 1 aliphatic rings. The summed E-state index contributed by atoms with van der Waals surface area (Å²) in [5, 5.41) is 30.3. The molecule has 1 heterocycles. The Labute approximate surface area is 169 Å². The molecular weight excluding hydrogens is 452 g/mol. The summed E-state index contributed by atoms with van der Waals surface area (Å²) in [5.74, 6) is 0.532. The van der Waals surface area contributed by atoms with Crippen LogP contribution in [0.1, 0.15) is 70.3 Å². The summed E-state index contributed by atoms with van der Waals surface area (Å²) in [6, 6.07) is 3.39. The monoisotopic (exact) mass is 480 g/mol. The summed E-state index contributed by atoms with van der Waals surface area (Å²) in [4.78, 5) is 0. The van der Waals surface area contributed by atoms with Crippen molar-refractivity contribution in [3.8, 4) is 11.5 Å². The summed E-state index contributed by atoms with van der Waals surface area (Å²) in [6.45, 7) is 4.13. The molecule has 0 aromatic heterocycles. The van der Waals surface area contributed by atoms with Gasteiger partial charge in [-0.2, -0.15) is 0 Å². The second kappa shape index (κ2) is 10.1. The van der Waals surface area contributed by atoms with Crippen LogP contribution in [-0.2, 0) is 0 Å². The number of phenolic OH excluding ortho intramolecular Hbond substituents is 1. The van der Waals surface area contributed by atoms with Crippen molar-refractivity contribution in [2.24, 2.45) is 0 Å². The van der Waals surface area contributed by atoms with Crippen molar-refractivity contribution in [3.05, 3.63) is 22.2 Å². The lowest BCUT2D eigenvalue weighted by Crippen LogP contribution is -2.51. The number of ether oxygens (including phenoxy) is 1. The molecule has 144 valence electrons. The Hall–Kier alpha value is -0.300. The van der Waals surface area contributed by atoms with Crippen LogP contribution >= 0.6 is 32.9 Å². The number of unbranched alkanes of at least 4 members (excludes halogenated alkanes) is 4. The zero-order valence-corrected chi connectivity index (χ0v) is 18.3. The summed E-state index contributed by atoms with van der Waals surface area (Å²) in [7, 11) is 0. The standard InChI is InChI=1S/C19H29BrO4.BrH/c1-3-4-5-6-7-9-19(2)18(23)13(8-10-21)14-11-15(20)16(22)12-17(14)24-19;/h11-13,18,21-23H,3-10H2,1-2H3;1H/t13-,18+,19+;/m1./s1. The summed E-state index contributed by atoms with van der Waals surface area (Å²) in [6.07, 6.45) is 6.32. The highest BCUT2D eigenvalue weighted by atomic mass is 79.9. The molecule has 0 aliphatic carbocycles. The van der Waals surface area contributed by atoms with Gasteiger partial charge in [0.05, 0.1) is 4.47 Å². The van der Waals surface area contributed by atoms with Gasteiger partial charge in [-0.25, -0.2) is 0 Å². The lowest BCUT2D eigenvalue weighted by atomic mass is 9.76. The zero-order chi connectivity index (χ0) is 17.7. The van der Waals surface area contributed by atoms with Crippen LogP contribution in [0.5, 0.6) is 11.5 Å². The van der Waals surface area contributed by atoms with E-state index in [1.165, 1.54) is 19.3 Å². The molecule has 25 heavy (non-hydrogen) atoms. The molecule has 0 saturated heterocycles. The van der Waals surface area contributed by atoms with Crippen molar-refractivity contribution in [1.29, 1.82) is 0 Å². The van der Waals surface area contributed by atoms with Crippen molar-refractivity contribution in [2.45, 2.75) is 76.4 Å². The number of fused-ring (bicyclic) bond motifs is 1. The molecule has 0 spiro atoms. The second-order valence-corrected chi connectivity index (χ2v) is 7.84. The Morgan fingerprint density at radius 1 is 1.20 bits per heavy atom. The average Bonchev–Trinajstić information content (AvgIpc) is 2.54. The molecule has 0 saturated carbocycles.